The Balaban J connectivity index is 2.08. The molecule has 2 aromatic carbocycles. The highest BCUT2D eigenvalue weighted by molar-refractivity contribution is 5.97. The lowest BCUT2D eigenvalue weighted by Gasteiger charge is -2.24. The van der Waals surface area contributed by atoms with Crippen molar-refractivity contribution in [2.45, 2.75) is 19.4 Å². The summed E-state index contributed by atoms with van der Waals surface area (Å²) in [6.45, 7) is 2.14. The topological polar surface area (TPSA) is 39.9 Å². The van der Waals surface area contributed by atoms with E-state index in [1.807, 2.05) is 6.07 Å². The van der Waals surface area contributed by atoms with E-state index in [1.54, 1.807) is 28.4 Å². The van der Waals surface area contributed by atoms with Gasteiger partial charge in [0, 0.05) is 24.5 Å². The van der Waals surface area contributed by atoms with Gasteiger partial charge in [-0.2, -0.15) is 0 Å². The Bertz CT molecular complexity index is 857. The van der Waals surface area contributed by atoms with Gasteiger partial charge in [0.05, 0.1) is 28.4 Å². The van der Waals surface area contributed by atoms with E-state index in [1.165, 1.54) is 22.4 Å². The summed E-state index contributed by atoms with van der Waals surface area (Å²) >= 11 is 0. The number of benzene rings is 2. The Morgan fingerprint density at radius 2 is 1.38 bits per heavy atom. The summed E-state index contributed by atoms with van der Waals surface area (Å²) in [6.07, 6.45) is 0.874. The second-order valence-electron chi connectivity index (χ2n) is 6.39. The average molecular weight is 356 g/mol. The molecule has 1 aliphatic heterocycles. The molecule has 0 radical (unpaired) electrons. The number of ether oxygens (including phenoxy) is 4. The summed E-state index contributed by atoms with van der Waals surface area (Å²) in [5.41, 5.74) is 4.83. The van der Waals surface area contributed by atoms with Crippen LogP contribution in [0.2, 0.25) is 0 Å². The zero-order chi connectivity index (χ0) is 18.8. The van der Waals surface area contributed by atoms with Crippen LogP contribution in [-0.2, 0) is 6.42 Å². The number of rotatable bonds is 5. The molecule has 1 aliphatic rings. The number of hydrogen-bond donors (Lipinski definition) is 0. The van der Waals surface area contributed by atoms with Gasteiger partial charge in [0.2, 0.25) is 0 Å². The van der Waals surface area contributed by atoms with Gasteiger partial charge in [-0.05, 0) is 35.9 Å². The molecule has 0 aromatic heterocycles. The van der Waals surface area contributed by atoms with Crippen molar-refractivity contribution in [2.75, 3.05) is 35.5 Å². The van der Waals surface area contributed by atoms with Crippen molar-refractivity contribution in [2.24, 2.45) is 0 Å². The molecule has 0 fully saturated rings. The molecular weight excluding hydrogens is 330 g/mol. The van der Waals surface area contributed by atoms with E-state index >= 15 is 0 Å². The van der Waals surface area contributed by atoms with Crippen molar-refractivity contribution in [3.05, 3.63) is 47.0 Å². The predicted molar refractivity (Wildman–Crippen MR) is 102 cm³/mol. The van der Waals surface area contributed by atoms with Crippen LogP contribution in [0.3, 0.4) is 0 Å². The number of methoxy groups -OCH3 is 4. The Morgan fingerprint density at radius 1 is 0.808 bits per heavy atom. The van der Waals surface area contributed by atoms with Crippen LogP contribution in [0.5, 0.6) is 23.0 Å². The van der Waals surface area contributed by atoms with Gasteiger partial charge >= 0.3 is 0 Å². The minimum absolute atomic E-state index is 0.209. The van der Waals surface area contributed by atoms with E-state index in [4.69, 9.17) is 18.9 Å². The quantitative estimate of drug-likeness (QED) is 0.769. The first-order valence-corrected chi connectivity index (χ1v) is 8.57. The Morgan fingerprint density at radius 3 is 2.00 bits per heavy atom. The molecule has 0 spiro atoms. The Hall–Kier alpha value is -2.69. The molecule has 26 heavy (non-hydrogen) atoms. The lowest BCUT2D eigenvalue weighted by molar-refractivity contribution is -0.546. The molecule has 0 aliphatic carbocycles. The molecule has 5 heteroatoms. The molecule has 2 aromatic rings. The third-order valence-corrected chi connectivity index (χ3v) is 5.20. The summed E-state index contributed by atoms with van der Waals surface area (Å²) in [5.74, 6) is 3.00. The van der Waals surface area contributed by atoms with Crippen LogP contribution in [0.1, 0.15) is 29.7 Å². The first-order valence-electron chi connectivity index (χ1n) is 8.57. The number of likely N-dealkylation sites (N-methyl/N-ethyl adjacent to an activating group) is 1. The first-order chi connectivity index (χ1) is 12.5. The largest absolute Gasteiger partial charge is 0.493 e. The van der Waals surface area contributed by atoms with Gasteiger partial charge in [0.25, 0.3) is 0 Å². The standard InChI is InChI=1S/C21H26NO4/c1-13-16-12-21(26-6)20(25-5)11-15(16)9-17(22(13)2)14-7-8-18(23-3)19(10-14)24-4/h7-8,10-12,17H,9H2,1-6H3/q+1. The van der Waals surface area contributed by atoms with Crippen LogP contribution in [0.25, 0.3) is 0 Å². The third-order valence-electron chi connectivity index (χ3n) is 5.20. The van der Waals surface area contributed by atoms with Crippen molar-refractivity contribution in [1.82, 2.24) is 0 Å². The van der Waals surface area contributed by atoms with Crippen molar-refractivity contribution < 1.29 is 23.5 Å². The smallest absolute Gasteiger partial charge is 0.182 e. The van der Waals surface area contributed by atoms with Gasteiger partial charge in [-0.25, -0.2) is 4.58 Å². The van der Waals surface area contributed by atoms with Crippen LogP contribution in [0.4, 0.5) is 0 Å². The molecule has 0 amide bonds. The molecule has 5 nitrogen and oxygen atoms in total. The molecule has 0 saturated carbocycles. The highest BCUT2D eigenvalue weighted by Crippen LogP contribution is 2.38. The maximum Gasteiger partial charge on any atom is 0.182 e. The molecule has 1 atom stereocenters. The van der Waals surface area contributed by atoms with Crippen LogP contribution >= 0.6 is 0 Å². The summed E-state index contributed by atoms with van der Waals surface area (Å²) < 4.78 is 24.1. The fourth-order valence-corrected chi connectivity index (χ4v) is 3.60. The second kappa shape index (κ2) is 7.28. The van der Waals surface area contributed by atoms with E-state index in [0.717, 1.165) is 29.4 Å². The maximum atomic E-state index is 5.49. The van der Waals surface area contributed by atoms with Gasteiger partial charge in [-0.3, -0.25) is 0 Å². The van der Waals surface area contributed by atoms with E-state index in [-0.39, 0.29) is 6.04 Å². The summed E-state index contributed by atoms with van der Waals surface area (Å²) in [4.78, 5) is 0. The van der Waals surface area contributed by atoms with Crippen LogP contribution in [0, 0.1) is 0 Å². The predicted octanol–water partition coefficient (Wildman–Crippen LogP) is 3.47. The molecule has 1 heterocycles. The second-order valence-corrected chi connectivity index (χ2v) is 6.39. The zero-order valence-electron chi connectivity index (χ0n) is 16.3. The summed E-state index contributed by atoms with van der Waals surface area (Å²) in [6, 6.07) is 10.5. The van der Waals surface area contributed by atoms with Gasteiger partial charge in [0.1, 0.15) is 7.05 Å². The van der Waals surface area contributed by atoms with Crippen molar-refractivity contribution >= 4 is 5.71 Å². The highest BCUT2D eigenvalue weighted by Gasteiger charge is 2.32. The van der Waals surface area contributed by atoms with E-state index < -0.39 is 0 Å². The van der Waals surface area contributed by atoms with E-state index in [9.17, 15) is 0 Å². The van der Waals surface area contributed by atoms with Gasteiger partial charge in [0.15, 0.2) is 34.8 Å². The molecule has 0 N–H and O–H groups in total. The fourth-order valence-electron chi connectivity index (χ4n) is 3.60. The monoisotopic (exact) mass is 356 g/mol. The van der Waals surface area contributed by atoms with Crippen molar-refractivity contribution in [3.63, 3.8) is 0 Å². The van der Waals surface area contributed by atoms with Crippen molar-refractivity contribution in [1.29, 1.82) is 0 Å². The molecular formula is C21H26NO4+. The SMILES string of the molecule is COc1ccc(C2Cc3cc(OC)c(OC)cc3C(C)=[N+]2C)cc1OC. The number of nitrogens with zero attached hydrogens (tertiary/aromatic N) is 1. The third kappa shape index (κ3) is 2.98. The summed E-state index contributed by atoms with van der Waals surface area (Å²) in [5, 5.41) is 0. The van der Waals surface area contributed by atoms with E-state index in [0.29, 0.717) is 0 Å². The van der Waals surface area contributed by atoms with Gasteiger partial charge in [-0.15, -0.1) is 0 Å². The number of fused-ring (bicyclic) bond motifs is 1. The molecule has 0 bridgehead atoms. The summed E-state index contributed by atoms with van der Waals surface area (Å²) in [7, 11) is 8.77. The molecule has 0 saturated heterocycles. The van der Waals surface area contributed by atoms with Gasteiger partial charge < -0.3 is 18.9 Å². The molecule has 1 unspecified atom stereocenters. The minimum atomic E-state index is 0.209. The maximum absolute atomic E-state index is 5.49. The minimum Gasteiger partial charge on any atom is -0.493 e. The molecule has 3 rings (SSSR count). The van der Waals surface area contributed by atoms with E-state index in [2.05, 4.69) is 42.8 Å². The van der Waals surface area contributed by atoms with Crippen LogP contribution in [-0.4, -0.2) is 45.8 Å². The lowest BCUT2D eigenvalue weighted by atomic mass is 9.89. The Labute approximate surface area is 154 Å². The van der Waals surface area contributed by atoms with Crippen LogP contribution in [0.15, 0.2) is 30.3 Å². The normalized spacial score (nSPS) is 16.2. The first kappa shape index (κ1) is 18.1. The average Bonchev–Trinajstić information content (AvgIpc) is 2.69. The fraction of sp³-hybridized carbons (Fsp3) is 0.381. The van der Waals surface area contributed by atoms with Crippen molar-refractivity contribution in [3.8, 4) is 23.0 Å². The molecule has 138 valence electrons. The highest BCUT2D eigenvalue weighted by atomic mass is 16.5. The Kier molecular flexibility index (Phi) is 5.07. The lowest BCUT2D eigenvalue weighted by Crippen LogP contribution is -2.29. The van der Waals surface area contributed by atoms with Gasteiger partial charge in [-0.1, -0.05) is 0 Å². The van der Waals surface area contributed by atoms with Crippen LogP contribution < -0.4 is 18.9 Å². The number of hydrogen-bond acceptors (Lipinski definition) is 4. The zero-order valence-corrected chi connectivity index (χ0v) is 16.3.